The number of hydrogen-bond donors (Lipinski definition) is 0. The molecular weight excluding hydrogens is 376 g/mol. The molecule has 0 aromatic heterocycles. The van der Waals surface area contributed by atoms with Gasteiger partial charge < -0.3 is 4.90 Å². The predicted octanol–water partition coefficient (Wildman–Crippen LogP) is 3.99. The lowest BCUT2D eigenvalue weighted by Gasteiger charge is -2.17. The fourth-order valence-corrected chi connectivity index (χ4v) is 4.60. The van der Waals surface area contributed by atoms with Gasteiger partial charge in [-0.1, -0.05) is 78.6 Å². The first-order chi connectivity index (χ1) is 13.1. The quantitative estimate of drug-likeness (QED) is 0.448. The van der Waals surface area contributed by atoms with Crippen molar-refractivity contribution in [3.05, 3.63) is 83.3 Å². The van der Waals surface area contributed by atoms with Gasteiger partial charge in [-0.05, 0) is 11.6 Å². The molecule has 27 heavy (non-hydrogen) atoms. The lowest BCUT2D eigenvalue weighted by Crippen LogP contribution is -2.29. The monoisotopic (exact) mass is 392 g/mol. The van der Waals surface area contributed by atoms with Crippen molar-refractivity contribution in [1.29, 1.82) is 0 Å². The standard InChI is InChI=1S/C21H16N2O2S2/c1-2-12-22-20(25)18(27-21(22)26)17-15-10-6-7-11-16(15)23(19(17)24)13-14-8-4-3-5-9-14/h2-11H,1,12-13H2/b18-17+. The zero-order chi connectivity index (χ0) is 19.0. The fourth-order valence-electron chi connectivity index (χ4n) is 3.26. The zero-order valence-corrected chi connectivity index (χ0v) is 16.1. The first-order valence-corrected chi connectivity index (χ1v) is 9.68. The van der Waals surface area contributed by atoms with Crippen LogP contribution in [0.25, 0.3) is 5.57 Å². The fraction of sp³-hybridized carbons (Fsp3) is 0.0952. The normalized spacial score (nSPS) is 19.0. The van der Waals surface area contributed by atoms with E-state index in [0.717, 1.165) is 16.8 Å². The Bertz CT molecular complexity index is 998. The summed E-state index contributed by atoms with van der Waals surface area (Å²) in [7, 11) is 0. The van der Waals surface area contributed by atoms with Crippen molar-refractivity contribution in [3.63, 3.8) is 0 Å². The largest absolute Gasteiger partial charge is 0.303 e. The maximum absolute atomic E-state index is 13.3. The van der Waals surface area contributed by atoms with Crippen LogP contribution in [0.15, 0.2) is 72.2 Å². The summed E-state index contributed by atoms with van der Waals surface area (Å²) >= 11 is 6.52. The third-order valence-corrected chi connectivity index (χ3v) is 5.94. The van der Waals surface area contributed by atoms with Crippen LogP contribution >= 0.6 is 24.0 Å². The van der Waals surface area contributed by atoms with Crippen LogP contribution in [0.1, 0.15) is 11.1 Å². The Hall–Kier alpha value is -2.70. The minimum atomic E-state index is -0.232. The van der Waals surface area contributed by atoms with Crippen molar-refractivity contribution in [2.45, 2.75) is 6.54 Å². The molecule has 1 saturated heterocycles. The number of thioether (sulfide) groups is 1. The van der Waals surface area contributed by atoms with E-state index in [-0.39, 0.29) is 11.8 Å². The molecule has 0 N–H and O–H groups in total. The molecule has 134 valence electrons. The first-order valence-electron chi connectivity index (χ1n) is 8.46. The highest BCUT2D eigenvalue weighted by molar-refractivity contribution is 8.26. The van der Waals surface area contributed by atoms with E-state index in [2.05, 4.69) is 6.58 Å². The SMILES string of the molecule is C=CCN1C(=O)/C(=C2\C(=O)N(Cc3ccccc3)c3ccccc32)SC1=S. The summed E-state index contributed by atoms with van der Waals surface area (Å²) in [5.74, 6) is -0.399. The summed E-state index contributed by atoms with van der Waals surface area (Å²) in [6, 6.07) is 17.4. The Kier molecular flexibility index (Phi) is 4.68. The molecule has 4 nitrogen and oxygen atoms in total. The van der Waals surface area contributed by atoms with Gasteiger partial charge in [0.2, 0.25) is 0 Å². The zero-order valence-electron chi connectivity index (χ0n) is 14.4. The number of amides is 2. The topological polar surface area (TPSA) is 40.6 Å². The van der Waals surface area contributed by atoms with Gasteiger partial charge in [-0.15, -0.1) is 6.58 Å². The van der Waals surface area contributed by atoms with Gasteiger partial charge in [-0.2, -0.15) is 0 Å². The molecule has 2 heterocycles. The van der Waals surface area contributed by atoms with Crippen LogP contribution in [0.2, 0.25) is 0 Å². The molecule has 0 aliphatic carbocycles. The highest BCUT2D eigenvalue weighted by Crippen LogP contribution is 2.44. The minimum Gasteiger partial charge on any atom is -0.303 e. The van der Waals surface area contributed by atoms with Gasteiger partial charge in [0.05, 0.1) is 22.7 Å². The van der Waals surface area contributed by atoms with Gasteiger partial charge in [0.25, 0.3) is 11.8 Å². The molecular formula is C21H16N2O2S2. The molecule has 4 rings (SSSR count). The molecule has 0 unspecified atom stereocenters. The molecule has 2 aromatic carbocycles. The number of nitrogens with zero attached hydrogens (tertiary/aromatic N) is 2. The molecule has 0 atom stereocenters. The van der Waals surface area contributed by atoms with Gasteiger partial charge in [0.1, 0.15) is 4.32 Å². The second kappa shape index (κ2) is 7.13. The summed E-state index contributed by atoms with van der Waals surface area (Å²) < 4.78 is 0.453. The molecule has 0 bridgehead atoms. The average molecular weight is 393 g/mol. The van der Waals surface area contributed by atoms with Crippen molar-refractivity contribution in [3.8, 4) is 0 Å². The average Bonchev–Trinajstić information content (AvgIpc) is 3.11. The summed E-state index contributed by atoms with van der Waals surface area (Å²) in [5.41, 5.74) is 3.06. The summed E-state index contributed by atoms with van der Waals surface area (Å²) in [6.45, 7) is 4.46. The van der Waals surface area contributed by atoms with Crippen LogP contribution in [0.5, 0.6) is 0 Å². The minimum absolute atomic E-state index is 0.167. The van der Waals surface area contributed by atoms with E-state index in [9.17, 15) is 9.59 Å². The number of carbonyl (C=O) groups excluding carboxylic acids is 2. The van der Waals surface area contributed by atoms with Gasteiger partial charge >= 0.3 is 0 Å². The van der Waals surface area contributed by atoms with Crippen LogP contribution in [-0.4, -0.2) is 27.6 Å². The van der Waals surface area contributed by atoms with Crippen LogP contribution in [-0.2, 0) is 16.1 Å². The highest BCUT2D eigenvalue weighted by Gasteiger charge is 2.41. The van der Waals surface area contributed by atoms with Gasteiger partial charge in [-0.3, -0.25) is 14.5 Å². The van der Waals surface area contributed by atoms with E-state index in [1.165, 1.54) is 16.7 Å². The van der Waals surface area contributed by atoms with Gasteiger partial charge in [0, 0.05) is 12.1 Å². The van der Waals surface area contributed by atoms with Gasteiger partial charge in [0.15, 0.2) is 0 Å². The number of fused-ring (bicyclic) bond motifs is 1. The van der Waals surface area contributed by atoms with Crippen molar-refractivity contribution >= 4 is 51.4 Å². The van der Waals surface area contributed by atoms with Crippen molar-refractivity contribution < 1.29 is 9.59 Å². The highest BCUT2D eigenvalue weighted by atomic mass is 32.2. The first kappa shape index (κ1) is 17.7. The third-order valence-electron chi connectivity index (χ3n) is 4.49. The van der Waals surface area contributed by atoms with Crippen LogP contribution < -0.4 is 4.90 Å². The summed E-state index contributed by atoms with van der Waals surface area (Å²) in [5, 5.41) is 0. The van der Waals surface area contributed by atoms with Crippen molar-refractivity contribution in [2.75, 3.05) is 11.4 Å². The molecule has 6 heteroatoms. The molecule has 2 aliphatic rings. The number of carbonyl (C=O) groups is 2. The maximum Gasteiger partial charge on any atom is 0.267 e. The van der Waals surface area contributed by atoms with E-state index in [1.54, 1.807) is 11.0 Å². The number of hydrogen-bond acceptors (Lipinski definition) is 4. The molecule has 2 aliphatic heterocycles. The molecule has 2 aromatic rings. The van der Waals surface area contributed by atoms with Gasteiger partial charge in [-0.25, -0.2) is 0 Å². The second-order valence-electron chi connectivity index (χ2n) is 6.17. The third kappa shape index (κ3) is 3.01. The maximum atomic E-state index is 13.3. The Balaban J connectivity index is 1.79. The number of para-hydroxylation sites is 1. The van der Waals surface area contributed by atoms with Crippen LogP contribution in [0.3, 0.4) is 0 Å². The summed E-state index contributed by atoms with van der Waals surface area (Å²) in [6.07, 6.45) is 1.63. The molecule has 1 fully saturated rings. The molecule has 0 spiro atoms. The number of rotatable bonds is 4. The second-order valence-corrected chi connectivity index (χ2v) is 7.81. The van der Waals surface area contributed by atoms with E-state index < -0.39 is 0 Å². The number of benzene rings is 2. The van der Waals surface area contributed by atoms with E-state index >= 15 is 0 Å². The Morgan fingerprint density at radius 2 is 1.67 bits per heavy atom. The van der Waals surface area contributed by atoms with E-state index in [4.69, 9.17) is 12.2 Å². The van der Waals surface area contributed by atoms with E-state index in [1.807, 2.05) is 54.6 Å². The Labute approximate surface area is 167 Å². The van der Waals surface area contributed by atoms with Crippen LogP contribution in [0, 0.1) is 0 Å². The van der Waals surface area contributed by atoms with Crippen LogP contribution in [0.4, 0.5) is 5.69 Å². The van der Waals surface area contributed by atoms with Crippen molar-refractivity contribution in [1.82, 2.24) is 4.90 Å². The Morgan fingerprint density at radius 3 is 2.41 bits per heavy atom. The lowest BCUT2D eigenvalue weighted by atomic mass is 10.1. The number of anilines is 1. The predicted molar refractivity (Wildman–Crippen MR) is 113 cm³/mol. The molecule has 0 radical (unpaired) electrons. The summed E-state index contributed by atoms with van der Waals surface area (Å²) in [4.78, 5) is 29.7. The lowest BCUT2D eigenvalue weighted by molar-refractivity contribution is -0.122. The molecule has 2 amide bonds. The van der Waals surface area contributed by atoms with Crippen molar-refractivity contribution in [2.24, 2.45) is 0 Å². The Morgan fingerprint density at radius 1 is 0.963 bits per heavy atom. The molecule has 0 saturated carbocycles. The smallest absolute Gasteiger partial charge is 0.267 e. The number of thiocarbonyl (C=S) groups is 1. The van der Waals surface area contributed by atoms with E-state index in [0.29, 0.717) is 27.9 Å².